The Balaban J connectivity index is 2.93. The fraction of sp³-hybridized carbons (Fsp3) is 0.429. The zero-order valence-electron chi connectivity index (χ0n) is 10.0. The number of rotatable bonds is 3. The van der Waals surface area contributed by atoms with Crippen LogP contribution in [0.15, 0.2) is 18.2 Å². The lowest BCUT2D eigenvalue weighted by Crippen LogP contribution is -2.15. The number of benzene rings is 1. The van der Waals surface area contributed by atoms with E-state index in [2.05, 4.69) is 49.2 Å². The van der Waals surface area contributed by atoms with Crippen molar-refractivity contribution < 1.29 is 0 Å². The molecular formula is C14H19N. The Morgan fingerprint density at radius 1 is 1.20 bits per heavy atom. The minimum Gasteiger partial charge on any atom is -0.312 e. The molecule has 0 amide bonds. The van der Waals surface area contributed by atoms with Crippen LogP contribution in [0.3, 0.4) is 0 Å². The SMILES string of the molecule is CC#CCC(NC)c1cc(C)cc(C)c1. The summed E-state index contributed by atoms with van der Waals surface area (Å²) in [6.45, 7) is 6.15. The summed E-state index contributed by atoms with van der Waals surface area (Å²) in [7, 11) is 1.99. The monoisotopic (exact) mass is 201 g/mol. The molecule has 0 aliphatic carbocycles. The minimum atomic E-state index is 0.344. The van der Waals surface area contributed by atoms with Crippen LogP contribution in [-0.4, -0.2) is 7.05 Å². The van der Waals surface area contributed by atoms with Gasteiger partial charge in [0, 0.05) is 12.5 Å². The van der Waals surface area contributed by atoms with Crippen molar-refractivity contribution >= 4 is 0 Å². The van der Waals surface area contributed by atoms with E-state index in [9.17, 15) is 0 Å². The second-order valence-electron chi connectivity index (χ2n) is 3.89. The van der Waals surface area contributed by atoms with E-state index < -0.39 is 0 Å². The lowest BCUT2D eigenvalue weighted by Gasteiger charge is -2.15. The first-order valence-electron chi connectivity index (χ1n) is 5.32. The molecule has 80 valence electrons. The predicted octanol–water partition coefficient (Wildman–Crippen LogP) is 2.98. The largest absolute Gasteiger partial charge is 0.312 e. The molecule has 0 radical (unpaired) electrons. The van der Waals surface area contributed by atoms with Crippen LogP contribution < -0.4 is 5.32 Å². The number of aryl methyl sites for hydroxylation is 2. The van der Waals surface area contributed by atoms with E-state index in [-0.39, 0.29) is 0 Å². The summed E-state index contributed by atoms with van der Waals surface area (Å²) < 4.78 is 0. The number of hydrogen-bond donors (Lipinski definition) is 1. The van der Waals surface area contributed by atoms with E-state index in [0.717, 1.165) is 6.42 Å². The van der Waals surface area contributed by atoms with Crippen molar-refractivity contribution in [1.29, 1.82) is 0 Å². The Bertz CT molecular complexity index is 362. The van der Waals surface area contributed by atoms with Gasteiger partial charge in [0.25, 0.3) is 0 Å². The smallest absolute Gasteiger partial charge is 0.0428 e. The van der Waals surface area contributed by atoms with Gasteiger partial charge in [0.2, 0.25) is 0 Å². The molecule has 1 aromatic carbocycles. The van der Waals surface area contributed by atoms with Crippen molar-refractivity contribution in [3.05, 3.63) is 34.9 Å². The van der Waals surface area contributed by atoms with Gasteiger partial charge < -0.3 is 5.32 Å². The van der Waals surface area contributed by atoms with Crippen molar-refractivity contribution in [1.82, 2.24) is 5.32 Å². The van der Waals surface area contributed by atoms with Crippen molar-refractivity contribution in [2.24, 2.45) is 0 Å². The van der Waals surface area contributed by atoms with Gasteiger partial charge in [-0.2, -0.15) is 0 Å². The maximum atomic E-state index is 3.31. The lowest BCUT2D eigenvalue weighted by atomic mass is 9.99. The Morgan fingerprint density at radius 3 is 2.27 bits per heavy atom. The summed E-state index contributed by atoms with van der Waals surface area (Å²) in [5, 5.41) is 3.31. The standard InChI is InChI=1S/C14H19N/c1-5-6-7-14(15-4)13-9-11(2)8-12(3)10-13/h8-10,14-15H,7H2,1-4H3. The third-order valence-corrected chi connectivity index (χ3v) is 2.48. The van der Waals surface area contributed by atoms with Gasteiger partial charge in [-0.25, -0.2) is 0 Å². The summed E-state index contributed by atoms with van der Waals surface area (Å²) in [6.07, 6.45) is 0.871. The van der Waals surface area contributed by atoms with E-state index in [1.807, 2.05) is 14.0 Å². The molecule has 1 unspecified atom stereocenters. The fourth-order valence-electron chi connectivity index (χ4n) is 1.80. The normalized spacial score (nSPS) is 11.7. The predicted molar refractivity (Wildman–Crippen MR) is 65.8 cm³/mol. The van der Waals surface area contributed by atoms with Gasteiger partial charge in [0.15, 0.2) is 0 Å². The Hall–Kier alpha value is -1.26. The summed E-state index contributed by atoms with van der Waals surface area (Å²) in [4.78, 5) is 0. The summed E-state index contributed by atoms with van der Waals surface area (Å²) in [5.74, 6) is 6.07. The molecule has 0 saturated carbocycles. The molecule has 1 nitrogen and oxygen atoms in total. The van der Waals surface area contributed by atoms with Crippen LogP contribution in [0.25, 0.3) is 0 Å². The van der Waals surface area contributed by atoms with E-state index in [1.54, 1.807) is 0 Å². The highest BCUT2D eigenvalue weighted by Crippen LogP contribution is 2.19. The molecule has 0 heterocycles. The average molecular weight is 201 g/mol. The first-order valence-corrected chi connectivity index (χ1v) is 5.32. The molecule has 0 saturated heterocycles. The van der Waals surface area contributed by atoms with Gasteiger partial charge in [-0.3, -0.25) is 0 Å². The summed E-state index contributed by atoms with van der Waals surface area (Å²) in [5.41, 5.74) is 3.96. The van der Waals surface area contributed by atoms with E-state index in [0.29, 0.717) is 6.04 Å². The third-order valence-electron chi connectivity index (χ3n) is 2.48. The van der Waals surface area contributed by atoms with Crippen molar-refractivity contribution in [2.45, 2.75) is 33.2 Å². The van der Waals surface area contributed by atoms with Gasteiger partial charge in [0.1, 0.15) is 0 Å². The molecule has 1 atom stereocenters. The molecule has 0 bridgehead atoms. The van der Waals surface area contributed by atoms with Crippen LogP contribution in [0.1, 0.15) is 36.1 Å². The highest BCUT2D eigenvalue weighted by atomic mass is 14.9. The maximum absolute atomic E-state index is 3.31. The number of nitrogens with one attached hydrogen (secondary N) is 1. The second-order valence-corrected chi connectivity index (χ2v) is 3.89. The van der Waals surface area contributed by atoms with Gasteiger partial charge in [-0.15, -0.1) is 11.8 Å². The zero-order valence-corrected chi connectivity index (χ0v) is 10.0. The van der Waals surface area contributed by atoms with Crippen molar-refractivity contribution in [2.75, 3.05) is 7.05 Å². The molecular weight excluding hydrogens is 182 g/mol. The molecule has 0 fully saturated rings. The van der Waals surface area contributed by atoms with Crippen molar-refractivity contribution in [3.8, 4) is 11.8 Å². The van der Waals surface area contributed by atoms with E-state index in [1.165, 1.54) is 16.7 Å². The zero-order chi connectivity index (χ0) is 11.3. The molecule has 0 aliphatic heterocycles. The van der Waals surface area contributed by atoms with E-state index >= 15 is 0 Å². The Kier molecular flexibility index (Phi) is 4.39. The molecule has 0 aliphatic rings. The molecule has 1 heteroatoms. The lowest BCUT2D eigenvalue weighted by molar-refractivity contribution is 0.610. The maximum Gasteiger partial charge on any atom is 0.0428 e. The van der Waals surface area contributed by atoms with Gasteiger partial charge in [-0.05, 0) is 33.4 Å². The molecule has 1 rings (SSSR count). The minimum absolute atomic E-state index is 0.344. The highest BCUT2D eigenvalue weighted by Gasteiger charge is 2.07. The highest BCUT2D eigenvalue weighted by molar-refractivity contribution is 5.31. The average Bonchev–Trinajstić information content (AvgIpc) is 2.17. The first kappa shape index (κ1) is 11.8. The van der Waals surface area contributed by atoms with Crippen LogP contribution in [0.5, 0.6) is 0 Å². The first-order chi connectivity index (χ1) is 7.17. The quantitative estimate of drug-likeness (QED) is 0.741. The Morgan fingerprint density at radius 2 is 1.80 bits per heavy atom. The van der Waals surface area contributed by atoms with E-state index in [4.69, 9.17) is 0 Å². The third kappa shape index (κ3) is 3.42. The van der Waals surface area contributed by atoms with Crippen LogP contribution in [0.4, 0.5) is 0 Å². The van der Waals surface area contributed by atoms with Crippen LogP contribution >= 0.6 is 0 Å². The van der Waals surface area contributed by atoms with Crippen LogP contribution in [0.2, 0.25) is 0 Å². The fourth-order valence-corrected chi connectivity index (χ4v) is 1.80. The van der Waals surface area contributed by atoms with Crippen LogP contribution in [-0.2, 0) is 0 Å². The number of hydrogen-bond acceptors (Lipinski definition) is 1. The van der Waals surface area contributed by atoms with Gasteiger partial charge in [-0.1, -0.05) is 29.3 Å². The van der Waals surface area contributed by atoms with Crippen LogP contribution in [0, 0.1) is 25.7 Å². The van der Waals surface area contributed by atoms with Gasteiger partial charge >= 0.3 is 0 Å². The molecule has 1 N–H and O–H groups in total. The van der Waals surface area contributed by atoms with Crippen molar-refractivity contribution in [3.63, 3.8) is 0 Å². The topological polar surface area (TPSA) is 12.0 Å². The molecule has 15 heavy (non-hydrogen) atoms. The van der Waals surface area contributed by atoms with Gasteiger partial charge in [0.05, 0.1) is 0 Å². The summed E-state index contributed by atoms with van der Waals surface area (Å²) >= 11 is 0. The molecule has 0 spiro atoms. The molecule has 1 aromatic rings. The molecule has 0 aromatic heterocycles. The Labute approximate surface area is 92.9 Å². The second kappa shape index (κ2) is 5.58. The summed E-state index contributed by atoms with van der Waals surface area (Å²) in [6, 6.07) is 7.00.